The summed E-state index contributed by atoms with van der Waals surface area (Å²) in [7, 11) is 1.34. The fourth-order valence-corrected chi connectivity index (χ4v) is 0.487. The Hall–Kier alpha value is -1.32. The Kier molecular flexibility index (Phi) is 1.02. The molecule has 1 heterocycles. The summed E-state index contributed by atoms with van der Waals surface area (Å²) in [5, 5.41) is 0. The van der Waals surface area contributed by atoms with Crippen LogP contribution in [-0.2, 0) is 9.53 Å². The third-order valence-corrected chi connectivity index (χ3v) is 1.03. The lowest BCUT2D eigenvalue weighted by Crippen LogP contribution is -2.22. The Balaban J connectivity index is 2.90. The molecule has 0 saturated carbocycles. The van der Waals surface area contributed by atoms with Gasteiger partial charge in [-0.1, -0.05) is 0 Å². The molecule has 0 aromatic carbocycles. The van der Waals surface area contributed by atoms with Gasteiger partial charge in [0.05, 0.1) is 0 Å². The van der Waals surface area contributed by atoms with Gasteiger partial charge in [0, 0.05) is 7.05 Å². The van der Waals surface area contributed by atoms with Gasteiger partial charge in [-0.15, -0.1) is 0 Å². The predicted octanol–water partition coefficient (Wildman–Crippen LogP) is 0.109. The number of likely N-dealkylation sites (N-methyl/N-ethyl adjacent to an activating group) is 1. The summed E-state index contributed by atoms with van der Waals surface area (Å²) < 4.78 is 4.33. The summed E-state index contributed by atoms with van der Waals surface area (Å²) in [5.41, 5.74) is 0. The zero-order valence-corrected chi connectivity index (χ0v) is 4.88. The van der Waals surface area contributed by atoms with Crippen molar-refractivity contribution in [3.63, 3.8) is 0 Å². The van der Waals surface area contributed by atoms with Gasteiger partial charge in [-0.25, -0.2) is 9.69 Å². The molecular weight excluding hydrogens is 122 g/mol. The molecule has 0 unspecified atom stereocenters. The molecule has 2 amide bonds. The molecule has 4 nitrogen and oxygen atoms in total. The number of hydrogen-bond donors (Lipinski definition) is 0. The number of imide groups is 1. The quantitative estimate of drug-likeness (QED) is 0.434. The minimum atomic E-state index is -0.662. The van der Waals surface area contributed by atoms with E-state index in [0.717, 1.165) is 4.90 Å². The van der Waals surface area contributed by atoms with Crippen molar-refractivity contribution in [2.24, 2.45) is 0 Å². The number of hydrogen-bond acceptors (Lipinski definition) is 3. The van der Waals surface area contributed by atoms with E-state index in [-0.39, 0.29) is 5.76 Å². The second-order valence-corrected chi connectivity index (χ2v) is 1.66. The lowest BCUT2D eigenvalue weighted by molar-refractivity contribution is -0.122. The highest BCUT2D eigenvalue weighted by atomic mass is 16.6. The van der Waals surface area contributed by atoms with Crippen LogP contribution in [0.25, 0.3) is 0 Å². The molecule has 1 fully saturated rings. The molecule has 0 radical (unpaired) electrons. The second kappa shape index (κ2) is 1.58. The van der Waals surface area contributed by atoms with Gasteiger partial charge in [0.25, 0.3) is 5.91 Å². The fourth-order valence-electron chi connectivity index (χ4n) is 0.487. The number of rotatable bonds is 0. The normalized spacial score (nSPS) is 18.8. The topological polar surface area (TPSA) is 46.6 Å². The summed E-state index contributed by atoms with van der Waals surface area (Å²) in [6, 6.07) is 0. The standard InChI is InChI=1S/C5H5NO3/c1-3-4(7)6(2)5(8)9-3/h1H2,2H3. The molecule has 0 aromatic heterocycles. The highest BCUT2D eigenvalue weighted by Gasteiger charge is 2.31. The van der Waals surface area contributed by atoms with Crippen LogP contribution in [0.1, 0.15) is 0 Å². The zero-order valence-electron chi connectivity index (χ0n) is 4.88. The van der Waals surface area contributed by atoms with E-state index in [1.165, 1.54) is 7.05 Å². The maximum absolute atomic E-state index is 10.6. The number of amides is 2. The molecule has 0 spiro atoms. The van der Waals surface area contributed by atoms with Crippen LogP contribution in [0.5, 0.6) is 0 Å². The van der Waals surface area contributed by atoms with E-state index in [1.54, 1.807) is 0 Å². The van der Waals surface area contributed by atoms with Crippen molar-refractivity contribution in [1.82, 2.24) is 4.90 Å². The number of nitrogens with zero attached hydrogens (tertiary/aromatic N) is 1. The van der Waals surface area contributed by atoms with Gasteiger partial charge >= 0.3 is 6.09 Å². The Labute approximate surface area is 51.7 Å². The van der Waals surface area contributed by atoms with Gasteiger partial charge in [-0.3, -0.25) is 4.79 Å². The molecule has 4 heteroatoms. The van der Waals surface area contributed by atoms with Crippen molar-refractivity contribution in [1.29, 1.82) is 0 Å². The molecular formula is C5H5NO3. The number of carbonyl (C=O) groups excluding carboxylic acids is 2. The largest absolute Gasteiger partial charge is 0.422 e. The monoisotopic (exact) mass is 127 g/mol. The van der Waals surface area contributed by atoms with Gasteiger partial charge in [0.15, 0.2) is 5.76 Å². The highest BCUT2D eigenvalue weighted by Crippen LogP contribution is 2.10. The smallest absolute Gasteiger partial charge is 0.405 e. The summed E-state index contributed by atoms with van der Waals surface area (Å²) >= 11 is 0. The van der Waals surface area contributed by atoms with Crippen LogP contribution in [0.15, 0.2) is 12.3 Å². The first-order valence-electron chi connectivity index (χ1n) is 2.31. The maximum atomic E-state index is 10.6. The Morgan fingerprint density at radius 1 is 1.56 bits per heavy atom. The second-order valence-electron chi connectivity index (χ2n) is 1.66. The molecule has 48 valence electrons. The molecule has 1 aliphatic heterocycles. The van der Waals surface area contributed by atoms with Crippen LogP contribution in [0.2, 0.25) is 0 Å². The minimum absolute atomic E-state index is 0.109. The lowest BCUT2D eigenvalue weighted by Gasteiger charge is -1.96. The Morgan fingerprint density at radius 3 is 2.22 bits per heavy atom. The summed E-state index contributed by atoms with van der Waals surface area (Å²) in [6.45, 7) is 3.20. The molecule has 9 heavy (non-hydrogen) atoms. The minimum Gasteiger partial charge on any atom is -0.405 e. The molecule has 0 atom stereocenters. The number of cyclic esters (lactones) is 1. The van der Waals surface area contributed by atoms with Gasteiger partial charge in [-0.05, 0) is 6.58 Å². The first-order valence-corrected chi connectivity index (χ1v) is 2.31. The van der Waals surface area contributed by atoms with Gasteiger partial charge in [0.1, 0.15) is 0 Å². The van der Waals surface area contributed by atoms with Crippen LogP contribution in [-0.4, -0.2) is 23.9 Å². The van der Waals surface area contributed by atoms with Crippen molar-refractivity contribution in [2.45, 2.75) is 0 Å². The van der Waals surface area contributed by atoms with E-state index in [2.05, 4.69) is 11.3 Å². The van der Waals surface area contributed by atoms with Crippen molar-refractivity contribution >= 4 is 12.0 Å². The van der Waals surface area contributed by atoms with Crippen molar-refractivity contribution in [2.75, 3.05) is 7.05 Å². The third-order valence-electron chi connectivity index (χ3n) is 1.03. The fraction of sp³-hybridized carbons (Fsp3) is 0.200. The molecule has 0 aromatic rings. The molecule has 1 rings (SSSR count). The van der Waals surface area contributed by atoms with Crippen LogP contribution in [0.3, 0.4) is 0 Å². The summed E-state index contributed by atoms with van der Waals surface area (Å²) in [5.74, 6) is -0.581. The van der Waals surface area contributed by atoms with E-state index in [9.17, 15) is 9.59 Å². The summed E-state index contributed by atoms with van der Waals surface area (Å²) in [4.78, 5) is 21.9. The molecule has 0 aliphatic carbocycles. The van der Waals surface area contributed by atoms with Crippen LogP contribution in [0, 0.1) is 0 Å². The SMILES string of the molecule is C=C1OC(=O)N(C)C1=O. The first kappa shape index (κ1) is 5.81. The van der Waals surface area contributed by atoms with E-state index in [4.69, 9.17) is 0 Å². The van der Waals surface area contributed by atoms with E-state index in [1.807, 2.05) is 0 Å². The summed E-state index contributed by atoms with van der Waals surface area (Å²) in [6.07, 6.45) is -0.662. The molecule has 0 N–H and O–H groups in total. The predicted molar refractivity (Wildman–Crippen MR) is 28.4 cm³/mol. The van der Waals surface area contributed by atoms with E-state index < -0.39 is 12.0 Å². The van der Waals surface area contributed by atoms with Crippen LogP contribution < -0.4 is 0 Å². The van der Waals surface area contributed by atoms with Crippen LogP contribution >= 0.6 is 0 Å². The van der Waals surface area contributed by atoms with Crippen molar-refractivity contribution < 1.29 is 14.3 Å². The average Bonchev–Trinajstić information content (AvgIpc) is 1.98. The Bertz CT molecular complexity index is 196. The molecule has 0 bridgehead atoms. The highest BCUT2D eigenvalue weighted by molar-refractivity contribution is 6.06. The molecule has 1 saturated heterocycles. The van der Waals surface area contributed by atoms with Crippen molar-refractivity contribution in [3.8, 4) is 0 Å². The average molecular weight is 127 g/mol. The van der Waals surface area contributed by atoms with Gasteiger partial charge in [0.2, 0.25) is 0 Å². The van der Waals surface area contributed by atoms with E-state index >= 15 is 0 Å². The maximum Gasteiger partial charge on any atom is 0.422 e. The first-order chi connectivity index (χ1) is 4.13. The third kappa shape index (κ3) is 0.679. The Morgan fingerprint density at radius 2 is 2.11 bits per heavy atom. The zero-order chi connectivity index (χ0) is 7.02. The van der Waals surface area contributed by atoms with Gasteiger partial charge < -0.3 is 4.74 Å². The number of ether oxygens (including phenoxy) is 1. The lowest BCUT2D eigenvalue weighted by atomic mass is 10.5. The van der Waals surface area contributed by atoms with Gasteiger partial charge in [-0.2, -0.15) is 0 Å². The van der Waals surface area contributed by atoms with Crippen molar-refractivity contribution in [3.05, 3.63) is 12.3 Å². The van der Waals surface area contributed by atoms with E-state index in [0.29, 0.717) is 0 Å². The number of carbonyl (C=O) groups is 2. The van der Waals surface area contributed by atoms with Crippen LogP contribution in [0.4, 0.5) is 4.79 Å². The molecule has 1 aliphatic rings.